The third kappa shape index (κ3) is 1.53. The number of carbonyl (C=O) groups is 1. The van der Waals surface area contributed by atoms with Crippen LogP contribution in [0.15, 0.2) is 48.9 Å². The Balaban J connectivity index is 2.30. The van der Waals surface area contributed by atoms with Crippen LogP contribution in [0.4, 0.5) is 0 Å². The summed E-state index contributed by atoms with van der Waals surface area (Å²) in [6.45, 7) is 0. The molecule has 0 saturated carbocycles. The smallest absolute Gasteiger partial charge is 0.338 e. The van der Waals surface area contributed by atoms with E-state index in [1.165, 1.54) is 18.5 Å². The minimum absolute atomic E-state index is 0.179. The number of fused-ring (bicyclic) bond motifs is 1. The highest BCUT2D eigenvalue weighted by Crippen LogP contribution is 2.19. The lowest BCUT2D eigenvalue weighted by Crippen LogP contribution is -2.06. The Kier molecular flexibility index (Phi) is 2.30. The number of carboxylic acid groups (broad SMARTS) is 1. The number of nitrogens with zero attached hydrogens (tertiary/aromatic N) is 3. The molecule has 5 nitrogen and oxygen atoms in total. The highest BCUT2D eigenvalue weighted by atomic mass is 16.4. The van der Waals surface area contributed by atoms with Gasteiger partial charge >= 0.3 is 5.97 Å². The van der Waals surface area contributed by atoms with Crippen LogP contribution >= 0.6 is 0 Å². The van der Waals surface area contributed by atoms with Crippen LogP contribution in [0.5, 0.6) is 0 Å². The van der Waals surface area contributed by atoms with Gasteiger partial charge in [-0.1, -0.05) is 18.2 Å². The van der Waals surface area contributed by atoms with E-state index in [1.807, 2.05) is 24.3 Å². The number of hydrogen-bond donors (Lipinski definition) is 1. The highest BCUT2D eigenvalue weighted by molar-refractivity contribution is 5.92. The lowest BCUT2D eigenvalue weighted by atomic mass is 10.2. The molecule has 2 aromatic heterocycles. The summed E-state index contributed by atoms with van der Waals surface area (Å²) in [7, 11) is 0. The molecule has 0 aliphatic heterocycles. The van der Waals surface area contributed by atoms with Gasteiger partial charge in [-0.15, -0.1) is 0 Å². The number of pyridine rings is 1. The van der Waals surface area contributed by atoms with Gasteiger partial charge in [0, 0.05) is 11.6 Å². The van der Waals surface area contributed by atoms with Gasteiger partial charge in [0.25, 0.3) is 0 Å². The third-order valence-corrected chi connectivity index (χ3v) is 2.74. The zero-order valence-electron chi connectivity index (χ0n) is 9.32. The van der Waals surface area contributed by atoms with E-state index >= 15 is 0 Å². The van der Waals surface area contributed by atoms with Crippen LogP contribution in [-0.2, 0) is 0 Å². The van der Waals surface area contributed by atoms with Crippen LogP contribution in [0.2, 0.25) is 0 Å². The van der Waals surface area contributed by atoms with Gasteiger partial charge in [0.2, 0.25) is 0 Å². The molecule has 0 atom stereocenters. The fourth-order valence-electron chi connectivity index (χ4n) is 1.90. The van der Waals surface area contributed by atoms with E-state index in [9.17, 15) is 4.79 Å². The van der Waals surface area contributed by atoms with Crippen molar-refractivity contribution >= 4 is 16.9 Å². The summed E-state index contributed by atoms with van der Waals surface area (Å²) < 4.78 is 1.59. The SMILES string of the molecule is O=C(O)c1ccncc1-n1ncc2ccccc21. The molecule has 88 valence electrons. The lowest BCUT2D eigenvalue weighted by Gasteiger charge is -2.06. The first kappa shape index (κ1) is 10.5. The standard InChI is InChI=1S/C13H9N3O2/c17-13(18)10-5-6-14-8-12(10)16-11-4-2-1-3-9(11)7-15-16/h1-8H,(H,17,18). The Morgan fingerprint density at radius 3 is 2.83 bits per heavy atom. The summed E-state index contributed by atoms with van der Waals surface area (Å²) in [6.07, 6.45) is 4.66. The average Bonchev–Trinajstić information content (AvgIpc) is 2.82. The lowest BCUT2D eigenvalue weighted by molar-refractivity contribution is 0.0696. The molecule has 1 N–H and O–H groups in total. The first-order valence-electron chi connectivity index (χ1n) is 5.38. The Labute approximate surface area is 102 Å². The number of benzene rings is 1. The first-order valence-corrected chi connectivity index (χ1v) is 5.38. The second kappa shape index (κ2) is 3.96. The topological polar surface area (TPSA) is 68.0 Å². The van der Waals surface area contributed by atoms with Crippen molar-refractivity contribution in [3.63, 3.8) is 0 Å². The molecule has 0 saturated heterocycles. The maximum absolute atomic E-state index is 11.2. The summed E-state index contributed by atoms with van der Waals surface area (Å²) in [4.78, 5) is 15.2. The molecular formula is C13H9N3O2. The van der Waals surface area contributed by atoms with Crippen LogP contribution in [0, 0.1) is 0 Å². The molecule has 5 heteroatoms. The molecule has 0 aliphatic rings. The van der Waals surface area contributed by atoms with E-state index in [0.717, 1.165) is 10.9 Å². The van der Waals surface area contributed by atoms with Crippen LogP contribution < -0.4 is 0 Å². The molecule has 1 aromatic carbocycles. The second-order valence-electron chi connectivity index (χ2n) is 3.81. The Morgan fingerprint density at radius 2 is 2.00 bits per heavy atom. The molecule has 0 spiro atoms. The van der Waals surface area contributed by atoms with Crippen LogP contribution in [0.25, 0.3) is 16.6 Å². The highest BCUT2D eigenvalue weighted by Gasteiger charge is 2.13. The number of aromatic nitrogens is 3. The molecule has 2 heterocycles. The van der Waals surface area contributed by atoms with Crippen molar-refractivity contribution in [1.29, 1.82) is 0 Å². The predicted molar refractivity (Wildman–Crippen MR) is 65.8 cm³/mol. The van der Waals surface area contributed by atoms with Gasteiger partial charge in [-0.25, -0.2) is 9.48 Å². The molecule has 0 bridgehead atoms. The largest absolute Gasteiger partial charge is 0.478 e. The van der Waals surface area contributed by atoms with Crippen molar-refractivity contribution in [3.8, 4) is 5.69 Å². The fourth-order valence-corrected chi connectivity index (χ4v) is 1.90. The zero-order chi connectivity index (χ0) is 12.5. The molecule has 0 radical (unpaired) electrons. The van der Waals surface area contributed by atoms with Crippen molar-refractivity contribution < 1.29 is 9.90 Å². The summed E-state index contributed by atoms with van der Waals surface area (Å²) in [5, 5.41) is 14.3. The quantitative estimate of drug-likeness (QED) is 0.743. The van der Waals surface area contributed by atoms with E-state index in [-0.39, 0.29) is 5.56 Å². The van der Waals surface area contributed by atoms with Crippen LogP contribution in [0.1, 0.15) is 10.4 Å². The average molecular weight is 239 g/mol. The maximum Gasteiger partial charge on any atom is 0.338 e. The Hall–Kier alpha value is -2.69. The molecule has 0 aliphatic carbocycles. The van der Waals surface area contributed by atoms with E-state index < -0.39 is 5.97 Å². The molecule has 0 fully saturated rings. The normalized spacial score (nSPS) is 10.7. The van der Waals surface area contributed by atoms with Gasteiger partial charge in [0.05, 0.1) is 29.2 Å². The monoisotopic (exact) mass is 239 g/mol. The van der Waals surface area contributed by atoms with Gasteiger partial charge in [-0.05, 0) is 12.1 Å². The number of para-hydroxylation sites is 1. The number of carboxylic acids is 1. The zero-order valence-corrected chi connectivity index (χ0v) is 9.32. The van der Waals surface area contributed by atoms with E-state index in [2.05, 4.69) is 10.1 Å². The number of rotatable bonds is 2. The van der Waals surface area contributed by atoms with Crippen LogP contribution in [-0.4, -0.2) is 25.8 Å². The first-order chi connectivity index (χ1) is 8.77. The molecule has 0 unspecified atom stereocenters. The van der Waals surface area contributed by atoms with E-state index in [0.29, 0.717) is 5.69 Å². The number of aromatic carboxylic acids is 1. The summed E-state index contributed by atoms with van der Waals surface area (Å²) in [6, 6.07) is 9.08. The summed E-state index contributed by atoms with van der Waals surface area (Å²) in [5.74, 6) is -0.994. The Morgan fingerprint density at radius 1 is 1.17 bits per heavy atom. The fraction of sp³-hybridized carbons (Fsp3) is 0. The van der Waals surface area contributed by atoms with Gasteiger partial charge in [0.15, 0.2) is 0 Å². The second-order valence-corrected chi connectivity index (χ2v) is 3.81. The molecular weight excluding hydrogens is 230 g/mol. The summed E-state index contributed by atoms with van der Waals surface area (Å²) >= 11 is 0. The minimum Gasteiger partial charge on any atom is -0.478 e. The van der Waals surface area contributed by atoms with Crippen molar-refractivity contribution in [2.75, 3.05) is 0 Å². The maximum atomic E-state index is 11.2. The van der Waals surface area contributed by atoms with Gasteiger partial charge < -0.3 is 5.11 Å². The van der Waals surface area contributed by atoms with E-state index in [4.69, 9.17) is 5.11 Å². The molecule has 3 aromatic rings. The van der Waals surface area contributed by atoms with Crippen molar-refractivity contribution in [2.24, 2.45) is 0 Å². The molecule has 3 rings (SSSR count). The van der Waals surface area contributed by atoms with Gasteiger partial charge in [0.1, 0.15) is 0 Å². The number of hydrogen-bond acceptors (Lipinski definition) is 3. The van der Waals surface area contributed by atoms with Crippen molar-refractivity contribution in [1.82, 2.24) is 14.8 Å². The van der Waals surface area contributed by atoms with Gasteiger partial charge in [-0.2, -0.15) is 5.10 Å². The van der Waals surface area contributed by atoms with Crippen LogP contribution in [0.3, 0.4) is 0 Å². The van der Waals surface area contributed by atoms with Crippen molar-refractivity contribution in [3.05, 3.63) is 54.5 Å². The predicted octanol–water partition coefficient (Wildman–Crippen LogP) is 2.12. The van der Waals surface area contributed by atoms with E-state index in [1.54, 1.807) is 10.9 Å². The third-order valence-electron chi connectivity index (χ3n) is 2.74. The molecule has 18 heavy (non-hydrogen) atoms. The van der Waals surface area contributed by atoms with Crippen molar-refractivity contribution in [2.45, 2.75) is 0 Å². The minimum atomic E-state index is -0.994. The summed E-state index contributed by atoms with van der Waals surface area (Å²) in [5.41, 5.74) is 1.50. The molecule has 0 amide bonds. The van der Waals surface area contributed by atoms with Gasteiger partial charge in [-0.3, -0.25) is 4.98 Å². The Bertz CT molecular complexity index is 734.